The number of carbonyl (C=O) groups is 2. The van der Waals surface area contributed by atoms with E-state index in [9.17, 15) is 9.59 Å². The van der Waals surface area contributed by atoms with Crippen LogP contribution < -0.4 is 10.2 Å². The van der Waals surface area contributed by atoms with Gasteiger partial charge >= 0.3 is 6.09 Å². The zero-order valence-corrected chi connectivity index (χ0v) is 21.3. The molecule has 3 fully saturated rings. The highest BCUT2D eigenvalue weighted by molar-refractivity contribution is 5.84. The predicted octanol–water partition coefficient (Wildman–Crippen LogP) is 4.02. The van der Waals surface area contributed by atoms with E-state index < -0.39 is 0 Å². The van der Waals surface area contributed by atoms with Gasteiger partial charge in [0, 0.05) is 31.9 Å². The monoisotopic (exact) mass is 470 g/mol. The molecule has 0 aliphatic carbocycles. The average Bonchev–Trinajstić information content (AvgIpc) is 2.81. The molecule has 3 aliphatic heterocycles. The summed E-state index contributed by atoms with van der Waals surface area (Å²) in [5, 5.41) is 3.25. The van der Waals surface area contributed by atoms with E-state index in [0.29, 0.717) is 31.7 Å². The van der Waals surface area contributed by atoms with Gasteiger partial charge in [-0.05, 0) is 68.3 Å². The van der Waals surface area contributed by atoms with Crippen LogP contribution in [0.15, 0.2) is 24.3 Å². The van der Waals surface area contributed by atoms with Crippen molar-refractivity contribution in [1.82, 2.24) is 15.1 Å². The number of rotatable bonds is 6. The summed E-state index contributed by atoms with van der Waals surface area (Å²) in [6, 6.07) is 8.75. The number of piperazine rings is 1. The third-order valence-corrected chi connectivity index (χ3v) is 7.85. The first-order chi connectivity index (χ1) is 16.3. The molecule has 34 heavy (non-hydrogen) atoms. The lowest BCUT2D eigenvalue weighted by atomic mass is 9.82. The topological polar surface area (TPSA) is 65.1 Å². The molecule has 7 heteroatoms. The van der Waals surface area contributed by atoms with Crippen LogP contribution in [0.25, 0.3) is 0 Å². The Bertz CT molecular complexity index is 836. The molecule has 1 N–H and O–H groups in total. The van der Waals surface area contributed by atoms with Gasteiger partial charge in [-0.25, -0.2) is 4.79 Å². The van der Waals surface area contributed by atoms with Crippen molar-refractivity contribution in [1.29, 1.82) is 0 Å². The first kappa shape index (κ1) is 24.8. The number of anilines is 1. The Balaban J connectivity index is 1.32. The Labute approximate surface area is 204 Å². The molecule has 0 saturated carbocycles. The standard InChI is InChI=1S/C27H42N4O3/c1-4-5-18-34-25(33)30-16-12-27(13-17-30)21-31(20-24(32)28-27)23-8-6-22(7-9-23)19-29-14-10-26(2,3)11-15-29/h6-9H,4-5,10-21H2,1-3H3,(H,28,32). The Morgan fingerprint density at radius 1 is 1.03 bits per heavy atom. The van der Waals surface area contributed by atoms with E-state index in [4.69, 9.17) is 4.74 Å². The summed E-state index contributed by atoms with van der Waals surface area (Å²) in [5.41, 5.74) is 2.61. The van der Waals surface area contributed by atoms with Crippen LogP contribution in [0, 0.1) is 5.41 Å². The van der Waals surface area contributed by atoms with Gasteiger partial charge in [0.2, 0.25) is 5.91 Å². The Hall–Kier alpha value is -2.28. The normalized spacial score (nSPS) is 22.5. The molecule has 0 radical (unpaired) electrons. The summed E-state index contributed by atoms with van der Waals surface area (Å²) >= 11 is 0. The van der Waals surface area contributed by atoms with Gasteiger partial charge < -0.3 is 19.9 Å². The maximum Gasteiger partial charge on any atom is 0.409 e. The number of amides is 2. The molecule has 1 aromatic carbocycles. The van der Waals surface area contributed by atoms with Crippen molar-refractivity contribution < 1.29 is 14.3 Å². The number of piperidine rings is 2. The summed E-state index contributed by atoms with van der Waals surface area (Å²) in [7, 11) is 0. The SMILES string of the molecule is CCCCOC(=O)N1CCC2(CC1)CN(c1ccc(CN3CCC(C)(C)CC3)cc1)CC(=O)N2. The molecule has 0 atom stereocenters. The molecule has 2 amide bonds. The zero-order chi connectivity index (χ0) is 24.2. The van der Waals surface area contributed by atoms with Gasteiger partial charge in [0.05, 0.1) is 18.7 Å². The molecule has 0 aromatic heterocycles. The number of likely N-dealkylation sites (tertiary alicyclic amines) is 2. The van der Waals surface area contributed by atoms with Crippen LogP contribution in [0.1, 0.15) is 64.9 Å². The third kappa shape index (κ3) is 6.23. The van der Waals surface area contributed by atoms with Crippen LogP contribution in [0.2, 0.25) is 0 Å². The highest BCUT2D eigenvalue weighted by Gasteiger charge is 2.42. The maximum atomic E-state index is 12.6. The molecular formula is C27H42N4O3. The minimum Gasteiger partial charge on any atom is -0.449 e. The van der Waals surface area contributed by atoms with Crippen LogP contribution in [0.4, 0.5) is 10.5 Å². The van der Waals surface area contributed by atoms with E-state index in [-0.39, 0.29) is 17.5 Å². The first-order valence-electron chi connectivity index (χ1n) is 13.1. The number of ether oxygens (including phenoxy) is 1. The van der Waals surface area contributed by atoms with Crippen molar-refractivity contribution in [3.63, 3.8) is 0 Å². The fraction of sp³-hybridized carbons (Fsp3) is 0.704. The molecule has 1 spiro atoms. The lowest BCUT2D eigenvalue weighted by molar-refractivity contribution is -0.123. The number of hydrogen-bond acceptors (Lipinski definition) is 5. The van der Waals surface area contributed by atoms with Crippen molar-refractivity contribution in [2.24, 2.45) is 5.41 Å². The smallest absolute Gasteiger partial charge is 0.409 e. The summed E-state index contributed by atoms with van der Waals surface area (Å²) in [6.45, 7) is 13.0. The lowest BCUT2D eigenvalue weighted by Crippen LogP contribution is -2.66. The Morgan fingerprint density at radius 2 is 1.71 bits per heavy atom. The number of nitrogens with one attached hydrogen (secondary N) is 1. The van der Waals surface area contributed by atoms with E-state index in [2.05, 4.69) is 60.2 Å². The zero-order valence-electron chi connectivity index (χ0n) is 21.3. The lowest BCUT2D eigenvalue weighted by Gasteiger charge is -2.48. The molecule has 0 bridgehead atoms. The van der Waals surface area contributed by atoms with Gasteiger partial charge in [-0.15, -0.1) is 0 Å². The summed E-state index contributed by atoms with van der Waals surface area (Å²) < 4.78 is 5.37. The van der Waals surface area contributed by atoms with Crippen LogP contribution in [-0.4, -0.2) is 73.2 Å². The van der Waals surface area contributed by atoms with Crippen molar-refractivity contribution in [2.45, 2.75) is 71.4 Å². The van der Waals surface area contributed by atoms with Crippen molar-refractivity contribution >= 4 is 17.7 Å². The van der Waals surface area contributed by atoms with Gasteiger partial charge in [0.1, 0.15) is 0 Å². The Morgan fingerprint density at radius 3 is 2.35 bits per heavy atom. The van der Waals surface area contributed by atoms with Crippen LogP contribution in [-0.2, 0) is 16.1 Å². The number of hydrogen-bond donors (Lipinski definition) is 1. The second kappa shape index (κ2) is 10.5. The summed E-state index contributed by atoms with van der Waals surface area (Å²) in [5.74, 6) is 0.0604. The van der Waals surface area contributed by atoms with Crippen molar-refractivity contribution in [3.05, 3.63) is 29.8 Å². The number of unbranched alkanes of at least 4 members (excludes halogenated alkanes) is 1. The highest BCUT2D eigenvalue weighted by Crippen LogP contribution is 2.31. The van der Waals surface area contributed by atoms with Gasteiger partial charge in [-0.3, -0.25) is 9.69 Å². The van der Waals surface area contributed by atoms with Gasteiger partial charge in [-0.2, -0.15) is 0 Å². The third-order valence-electron chi connectivity index (χ3n) is 7.85. The highest BCUT2D eigenvalue weighted by atomic mass is 16.6. The maximum absolute atomic E-state index is 12.6. The Kier molecular flexibility index (Phi) is 7.70. The van der Waals surface area contributed by atoms with Crippen LogP contribution in [0.5, 0.6) is 0 Å². The summed E-state index contributed by atoms with van der Waals surface area (Å²) in [4.78, 5) is 31.5. The van der Waals surface area contributed by atoms with E-state index in [1.54, 1.807) is 4.90 Å². The molecule has 7 nitrogen and oxygen atoms in total. The average molecular weight is 471 g/mol. The fourth-order valence-corrected chi connectivity index (χ4v) is 5.33. The molecular weight excluding hydrogens is 428 g/mol. The van der Waals surface area contributed by atoms with Crippen LogP contribution in [0.3, 0.4) is 0 Å². The molecule has 0 unspecified atom stereocenters. The molecule has 188 valence electrons. The predicted molar refractivity (Wildman–Crippen MR) is 135 cm³/mol. The second-order valence-corrected chi connectivity index (χ2v) is 11.2. The summed E-state index contributed by atoms with van der Waals surface area (Å²) in [6.07, 6.45) is 5.69. The second-order valence-electron chi connectivity index (χ2n) is 11.2. The number of benzene rings is 1. The van der Waals surface area contributed by atoms with Crippen molar-refractivity contribution in [3.8, 4) is 0 Å². The minimum atomic E-state index is -0.283. The molecule has 1 aromatic rings. The molecule has 3 aliphatic rings. The van der Waals surface area contributed by atoms with Crippen molar-refractivity contribution in [2.75, 3.05) is 50.8 Å². The van der Waals surface area contributed by atoms with E-state index in [1.807, 2.05) is 0 Å². The van der Waals surface area contributed by atoms with Gasteiger partial charge in [-0.1, -0.05) is 39.3 Å². The minimum absolute atomic E-state index is 0.0604. The largest absolute Gasteiger partial charge is 0.449 e. The first-order valence-corrected chi connectivity index (χ1v) is 13.1. The van der Waals surface area contributed by atoms with E-state index in [0.717, 1.165) is 57.5 Å². The number of carbonyl (C=O) groups excluding carboxylic acids is 2. The number of nitrogens with zero attached hydrogens (tertiary/aromatic N) is 3. The quantitative estimate of drug-likeness (QED) is 0.637. The molecule has 3 saturated heterocycles. The molecule has 3 heterocycles. The molecule has 4 rings (SSSR count). The fourth-order valence-electron chi connectivity index (χ4n) is 5.33. The van der Waals surface area contributed by atoms with Crippen LogP contribution >= 0.6 is 0 Å². The van der Waals surface area contributed by atoms with E-state index in [1.165, 1.54) is 18.4 Å². The van der Waals surface area contributed by atoms with Gasteiger partial charge in [0.25, 0.3) is 0 Å². The van der Waals surface area contributed by atoms with Gasteiger partial charge in [0.15, 0.2) is 0 Å². The van der Waals surface area contributed by atoms with E-state index >= 15 is 0 Å².